The largest absolute Gasteiger partial charge is 0.484 e. The van der Waals surface area contributed by atoms with Gasteiger partial charge in [0.05, 0.1) is 0 Å². The third kappa shape index (κ3) is 4.61. The number of nitrogens with one attached hydrogen (secondary N) is 2. The van der Waals surface area contributed by atoms with Gasteiger partial charge in [-0.1, -0.05) is 60.1 Å². The van der Waals surface area contributed by atoms with E-state index >= 15 is 0 Å². The highest BCUT2D eigenvalue weighted by Gasteiger charge is 2.19. The van der Waals surface area contributed by atoms with Crippen LogP contribution in [0.25, 0.3) is 10.9 Å². The van der Waals surface area contributed by atoms with Gasteiger partial charge in [0.1, 0.15) is 5.75 Å². The van der Waals surface area contributed by atoms with Crippen LogP contribution >= 0.6 is 11.6 Å². The number of rotatable bonds is 7. The maximum absolute atomic E-state index is 12.4. The van der Waals surface area contributed by atoms with Crippen LogP contribution in [0.3, 0.4) is 0 Å². The van der Waals surface area contributed by atoms with Crippen molar-refractivity contribution in [3.8, 4) is 5.75 Å². The molecule has 0 bridgehead atoms. The third-order valence-electron chi connectivity index (χ3n) is 4.89. The molecule has 5 heteroatoms. The van der Waals surface area contributed by atoms with E-state index < -0.39 is 0 Å². The third-order valence-corrected chi connectivity index (χ3v) is 5.14. The molecule has 0 aliphatic carbocycles. The number of H-pyrrole nitrogens is 1. The highest BCUT2D eigenvalue weighted by molar-refractivity contribution is 6.30. The van der Waals surface area contributed by atoms with Gasteiger partial charge in [0.15, 0.2) is 6.61 Å². The van der Waals surface area contributed by atoms with Crippen molar-refractivity contribution in [1.29, 1.82) is 0 Å². The molecule has 3 aromatic carbocycles. The zero-order chi connectivity index (χ0) is 20.1. The fourth-order valence-electron chi connectivity index (χ4n) is 3.42. The van der Waals surface area contributed by atoms with Gasteiger partial charge in [-0.2, -0.15) is 0 Å². The molecule has 0 saturated heterocycles. The van der Waals surface area contributed by atoms with Gasteiger partial charge in [-0.3, -0.25) is 4.79 Å². The number of hydrogen-bond acceptors (Lipinski definition) is 2. The van der Waals surface area contributed by atoms with Crippen LogP contribution in [0.4, 0.5) is 0 Å². The molecular formula is C24H21ClN2O2. The van der Waals surface area contributed by atoms with Crippen molar-refractivity contribution in [2.24, 2.45) is 0 Å². The topological polar surface area (TPSA) is 54.1 Å². The monoisotopic (exact) mass is 404 g/mol. The van der Waals surface area contributed by atoms with E-state index in [4.69, 9.17) is 16.3 Å². The minimum Gasteiger partial charge on any atom is -0.484 e. The number of para-hydroxylation sites is 1. The molecule has 1 atom stereocenters. The fourth-order valence-corrected chi connectivity index (χ4v) is 3.55. The number of carbonyl (C=O) groups is 1. The SMILES string of the molecule is O=C(COc1ccc(Cl)cc1)NC[C@H](c1ccccc1)c1c[nH]c2ccccc12. The summed E-state index contributed by atoms with van der Waals surface area (Å²) in [6.45, 7) is 0.436. The summed E-state index contributed by atoms with van der Waals surface area (Å²) in [5.41, 5.74) is 3.39. The van der Waals surface area contributed by atoms with Crippen LogP contribution in [0, 0.1) is 0 Å². The molecule has 29 heavy (non-hydrogen) atoms. The van der Waals surface area contributed by atoms with Gasteiger partial charge in [0.2, 0.25) is 0 Å². The second kappa shape index (κ2) is 8.84. The van der Waals surface area contributed by atoms with Gasteiger partial charge in [0.25, 0.3) is 5.91 Å². The Hall–Kier alpha value is -3.24. The molecule has 0 saturated carbocycles. The summed E-state index contributed by atoms with van der Waals surface area (Å²) < 4.78 is 5.54. The zero-order valence-corrected chi connectivity index (χ0v) is 16.5. The summed E-state index contributed by atoms with van der Waals surface area (Å²) >= 11 is 5.87. The minimum absolute atomic E-state index is 0.0341. The van der Waals surface area contributed by atoms with Gasteiger partial charge in [-0.25, -0.2) is 0 Å². The van der Waals surface area contributed by atoms with Crippen LogP contribution in [0.1, 0.15) is 17.0 Å². The van der Waals surface area contributed by atoms with E-state index in [2.05, 4.69) is 34.6 Å². The quantitative estimate of drug-likeness (QED) is 0.447. The molecule has 2 N–H and O–H groups in total. The lowest BCUT2D eigenvalue weighted by Gasteiger charge is -2.18. The molecule has 1 aromatic heterocycles. The average molecular weight is 405 g/mol. The number of hydrogen-bond donors (Lipinski definition) is 2. The Labute approximate surface area is 174 Å². The number of halogens is 1. The van der Waals surface area contributed by atoms with Gasteiger partial charge in [-0.15, -0.1) is 0 Å². The van der Waals surface area contributed by atoms with Gasteiger partial charge in [-0.05, 0) is 41.5 Å². The van der Waals surface area contributed by atoms with Crippen molar-refractivity contribution in [3.05, 3.63) is 101 Å². The number of fused-ring (bicyclic) bond motifs is 1. The molecule has 0 aliphatic rings. The van der Waals surface area contributed by atoms with E-state index in [0.717, 1.165) is 22.0 Å². The Morgan fingerprint density at radius 2 is 1.69 bits per heavy atom. The van der Waals surface area contributed by atoms with Crippen molar-refractivity contribution >= 4 is 28.4 Å². The van der Waals surface area contributed by atoms with Gasteiger partial charge >= 0.3 is 0 Å². The summed E-state index contributed by atoms with van der Waals surface area (Å²) in [7, 11) is 0. The normalized spacial score (nSPS) is 11.9. The molecule has 0 unspecified atom stereocenters. The minimum atomic E-state index is -0.166. The van der Waals surface area contributed by atoms with Gasteiger partial charge < -0.3 is 15.0 Å². The van der Waals surface area contributed by atoms with Crippen molar-refractivity contribution < 1.29 is 9.53 Å². The molecule has 1 heterocycles. The summed E-state index contributed by atoms with van der Waals surface area (Å²) in [6.07, 6.45) is 2.03. The molecule has 4 rings (SSSR count). The molecule has 0 spiro atoms. The highest BCUT2D eigenvalue weighted by atomic mass is 35.5. The predicted molar refractivity (Wildman–Crippen MR) is 117 cm³/mol. The first-order valence-corrected chi connectivity index (χ1v) is 9.84. The zero-order valence-electron chi connectivity index (χ0n) is 15.8. The van der Waals surface area contributed by atoms with E-state index in [1.54, 1.807) is 24.3 Å². The average Bonchev–Trinajstić information content (AvgIpc) is 3.18. The lowest BCUT2D eigenvalue weighted by Crippen LogP contribution is -2.32. The van der Waals surface area contributed by atoms with Crippen LogP contribution in [-0.2, 0) is 4.79 Å². The van der Waals surface area contributed by atoms with E-state index in [-0.39, 0.29) is 18.4 Å². The number of benzene rings is 3. The first kappa shape index (κ1) is 19.1. The van der Waals surface area contributed by atoms with Crippen LogP contribution in [-0.4, -0.2) is 24.0 Å². The van der Waals surface area contributed by atoms with Crippen LogP contribution in [0.5, 0.6) is 5.75 Å². The van der Waals surface area contributed by atoms with Crippen LogP contribution in [0.2, 0.25) is 5.02 Å². The van der Waals surface area contributed by atoms with E-state index in [0.29, 0.717) is 17.3 Å². The van der Waals surface area contributed by atoms with Crippen LogP contribution < -0.4 is 10.1 Å². The molecule has 1 amide bonds. The van der Waals surface area contributed by atoms with E-state index in [1.165, 1.54) is 0 Å². The van der Waals surface area contributed by atoms with Crippen molar-refractivity contribution in [2.75, 3.05) is 13.2 Å². The second-order valence-corrected chi connectivity index (χ2v) is 7.24. The number of ether oxygens (including phenoxy) is 1. The Morgan fingerprint density at radius 3 is 2.48 bits per heavy atom. The smallest absolute Gasteiger partial charge is 0.257 e. The molecule has 0 fully saturated rings. The second-order valence-electron chi connectivity index (χ2n) is 6.80. The molecule has 0 aliphatic heterocycles. The Balaban J connectivity index is 1.47. The lowest BCUT2D eigenvalue weighted by molar-refractivity contribution is -0.123. The summed E-state index contributed by atoms with van der Waals surface area (Å²) in [5.74, 6) is 0.480. The first-order chi connectivity index (χ1) is 14.2. The maximum atomic E-state index is 12.4. The van der Waals surface area contributed by atoms with E-state index in [1.807, 2.05) is 36.5 Å². The molecule has 146 valence electrons. The van der Waals surface area contributed by atoms with Crippen LogP contribution in [0.15, 0.2) is 85.1 Å². The number of amides is 1. The van der Waals surface area contributed by atoms with Gasteiger partial charge in [0, 0.05) is 34.6 Å². The number of aromatic nitrogens is 1. The fraction of sp³-hybridized carbons (Fsp3) is 0.125. The van der Waals surface area contributed by atoms with Crippen molar-refractivity contribution in [1.82, 2.24) is 10.3 Å². The maximum Gasteiger partial charge on any atom is 0.257 e. The predicted octanol–water partition coefficient (Wildman–Crippen LogP) is 5.15. The lowest BCUT2D eigenvalue weighted by atomic mass is 9.91. The Kier molecular flexibility index (Phi) is 5.82. The summed E-state index contributed by atoms with van der Waals surface area (Å²) in [6, 6.07) is 25.3. The standard InChI is InChI=1S/C24H21ClN2O2/c25-18-10-12-19(13-11-18)29-16-24(28)27-14-21(17-6-2-1-3-7-17)22-15-26-23-9-5-4-8-20(22)23/h1-13,15,21,26H,14,16H2,(H,27,28)/t21-/m1/s1. The molecule has 0 radical (unpaired) electrons. The van der Waals surface area contributed by atoms with Crippen molar-refractivity contribution in [2.45, 2.75) is 5.92 Å². The summed E-state index contributed by atoms with van der Waals surface area (Å²) in [5, 5.41) is 4.80. The number of aromatic amines is 1. The van der Waals surface area contributed by atoms with Crippen molar-refractivity contribution in [3.63, 3.8) is 0 Å². The molecule has 4 nitrogen and oxygen atoms in total. The Morgan fingerprint density at radius 1 is 0.966 bits per heavy atom. The molecule has 4 aromatic rings. The first-order valence-electron chi connectivity index (χ1n) is 9.47. The molecular weight excluding hydrogens is 384 g/mol. The number of carbonyl (C=O) groups excluding carboxylic acids is 1. The highest BCUT2D eigenvalue weighted by Crippen LogP contribution is 2.30. The summed E-state index contributed by atoms with van der Waals surface area (Å²) in [4.78, 5) is 15.7. The van der Waals surface area contributed by atoms with E-state index in [9.17, 15) is 4.79 Å². The Bertz CT molecular complexity index is 1090.